The summed E-state index contributed by atoms with van der Waals surface area (Å²) in [4.78, 5) is 0. The number of rotatable bonds is 4. The molecule has 0 aliphatic carbocycles. The SMILES string of the molecule is C[C@@H](NCc1cc(Br)ccc1Cl)c1ccccc1Br. The lowest BCUT2D eigenvalue weighted by molar-refractivity contribution is 0.573. The molecule has 0 saturated carbocycles. The first-order valence-electron chi connectivity index (χ1n) is 5.99. The fourth-order valence-corrected chi connectivity index (χ4v) is 3.10. The maximum atomic E-state index is 6.19. The van der Waals surface area contributed by atoms with Crippen molar-refractivity contribution in [3.05, 3.63) is 67.6 Å². The van der Waals surface area contributed by atoms with Gasteiger partial charge in [0.2, 0.25) is 0 Å². The van der Waals surface area contributed by atoms with Crippen molar-refractivity contribution in [1.82, 2.24) is 5.32 Å². The Labute approximate surface area is 135 Å². The van der Waals surface area contributed by atoms with Gasteiger partial charge in [0.05, 0.1) is 0 Å². The van der Waals surface area contributed by atoms with Crippen molar-refractivity contribution in [1.29, 1.82) is 0 Å². The second kappa shape index (κ2) is 6.89. The third-order valence-electron chi connectivity index (χ3n) is 2.98. The van der Waals surface area contributed by atoms with E-state index in [4.69, 9.17) is 11.6 Å². The summed E-state index contributed by atoms with van der Waals surface area (Å²) in [7, 11) is 0. The molecule has 0 aliphatic heterocycles. The van der Waals surface area contributed by atoms with Crippen LogP contribution in [0.4, 0.5) is 0 Å². The molecule has 2 aromatic rings. The normalized spacial score (nSPS) is 12.4. The Bertz CT molecular complexity index is 572. The van der Waals surface area contributed by atoms with Crippen molar-refractivity contribution >= 4 is 43.5 Å². The van der Waals surface area contributed by atoms with E-state index in [0.717, 1.165) is 26.1 Å². The van der Waals surface area contributed by atoms with E-state index >= 15 is 0 Å². The van der Waals surface area contributed by atoms with E-state index in [1.165, 1.54) is 5.56 Å². The lowest BCUT2D eigenvalue weighted by Crippen LogP contribution is -2.18. The van der Waals surface area contributed by atoms with E-state index in [1.807, 2.05) is 30.3 Å². The van der Waals surface area contributed by atoms with E-state index in [0.29, 0.717) is 0 Å². The summed E-state index contributed by atoms with van der Waals surface area (Å²) < 4.78 is 2.16. The van der Waals surface area contributed by atoms with Gasteiger partial charge in [-0.1, -0.05) is 61.7 Å². The smallest absolute Gasteiger partial charge is 0.0451 e. The van der Waals surface area contributed by atoms with Crippen LogP contribution in [0.25, 0.3) is 0 Å². The van der Waals surface area contributed by atoms with Crippen molar-refractivity contribution in [2.24, 2.45) is 0 Å². The van der Waals surface area contributed by atoms with Crippen molar-refractivity contribution in [2.45, 2.75) is 19.5 Å². The Kier molecular flexibility index (Phi) is 5.46. The topological polar surface area (TPSA) is 12.0 Å². The molecule has 1 N–H and O–H groups in total. The number of hydrogen-bond acceptors (Lipinski definition) is 1. The van der Waals surface area contributed by atoms with Gasteiger partial charge in [0, 0.05) is 26.6 Å². The van der Waals surface area contributed by atoms with E-state index in [9.17, 15) is 0 Å². The van der Waals surface area contributed by atoms with E-state index in [2.05, 4.69) is 56.2 Å². The molecule has 4 heteroatoms. The van der Waals surface area contributed by atoms with Crippen LogP contribution in [0.15, 0.2) is 51.4 Å². The summed E-state index contributed by atoms with van der Waals surface area (Å²) in [5.41, 5.74) is 2.34. The highest BCUT2D eigenvalue weighted by atomic mass is 79.9. The molecule has 0 unspecified atom stereocenters. The van der Waals surface area contributed by atoms with Crippen molar-refractivity contribution in [2.75, 3.05) is 0 Å². The monoisotopic (exact) mass is 401 g/mol. The predicted octanol–water partition coefficient (Wildman–Crippen LogP) is 5.72. The van der Waals surface area contributed by atoms with Crippen LogP contribution >= 0.6 is 43.5 Å². The van der Waals surface area contributed by atoms with Crippen LogP contribution in [0.2, 0.25) is 5.02 Å². The van der Waals surface area contributed by atoms with E-state index in [-0.39, 0.29) is 6.04 Å². The van der Waals surface area contributed by atoms with Crippen LogP contribution in [0.3, 0.4) is 0 Å². The highest BCUT2D eigenvalue weighted by Crippen LogP contribution is 2.25. The molecular formula is C15H14Br2ClN. The Hall–Kier alpha value is -0.350. The summed E-state index contributed by atoms with van der Waals surface area (Å²) in [6.45, 7) is 2.88. The van der Waals surface area contributed by atoms with E-state index in [1.54, 1.807) is 0 Å². The van der Waals surface area contributed by atoms with Crippen LogP contribution in [0, 0.1) is 0 Å². The predicted molar refractivity (Wildman–Crippen MR) is 88.5 cm³/mol. The minimum atomic E-state index is 0.255. The summed E-state index contributed by atoms with van der Waals surface area (Å²) in [5.74, 6) is 0. The number of halogens is 3. The zero-order chi connectivity index (χ0) is 13.8. The quantitative estimate of drug-likeness (QED) is 0.689. The zero-order valence-corrected chi connectivity index (χ0v) is 14.4. The van der Waals surface area contributed by atoms with Gasteiger partial charge in [-0.2, -0.15) is 0 Å². The highest BCUT2D eigenvalue weighted by Gasteiger charge is 2.09. The number of nitrogens with one attached hydrogen (secondary N) is 1. The Morgan fingerprint density at radius 2 is 1.89 bits per heavy atom. The molecule has 100 valence electrons. The highest BCUT2D eigenvalue weighted by molar-refractivity contribution is 9.10. The fraction of sp³-hybridized carbons (Fsp3) is 0.200. The molecule has 0 heterocycles. The average molecular weight is 404 g/mol. The van der Waals surface area contributed by atoms with Gasteiger partial charge in [0.1, 0.15) is 0 Å². The van der Waals surface area contributed by atoms with Gasteiger partial charge in [-0.25, -0.2) is 0 Å². The molecule has 1 nitrogen and oxygen atoms in total. The molecule has 19 heavy (non-hydrogen) atoms. The maximum Gasteiger partial charge on any atom is 0.0451 e. The first kappa shape index (κ1) is 15.0. The molecule has 2 rings (SSSR count). The molecule has 0 aliphatic rings. The summed E-state index contributed by atoms with van der Waals surface area (Å²) in [6.07, 6.45) is 0. The van der Waals surface area contributed by atoms with Crippen molar-refractivity contribution < 1.29 is 0 Å². The standard InChI is InChI=1S/C15H14Br2ClN/c1-10(13-4-2-3-5-14(13)17)19-9-11-8-12(16)6-7-15(11)18/h2-8,10,19H,9H2,1H3/t10-/m1/s1. The molecule has 1 atom stereocenters. The molecule has 0 saturated heterocycles. The van der Waals surface area contributed by atoms with Crippen molar-refractivity contribution in [3.63, 3.8) is 0 Å². The number of hydrogen-bond donors (Lipinski definition) is 1. The summed E-state index contributed by atoms with van der Waals surface area (Å²) in [5, 5.41) is 4.28. The van der Waals surface area contributed by atoms with Gasteiger partial charge in [-0.3, -0.25) is 0 Å². The third kappa shape index (κ3) is 4.06. The number of benzene rings is 2. The first-order chi connectivity index (χ1) is 9.08. The van der Waals surface area contributed by atoms with Crippen LogP contribution in [0.1, 0.15) is 24.1 Å². The summed E-state index contributed by atoms with van der Waals surface area (Å²) >= 11 is 13.2. The van der Waals surface area contributed by atoms with Crippen LogP contribution < -0.4 is 5.32 Å². The van der Waals surface area contributed by atoms with Crippen LogP contribution in [-0.2, 0) is 6.54 Å². The largest absolute Gasteiger partial charge is 0.306 e. The molecule has 0 bridgehead atoms. The molecule has 0 radical (unpaired) electrons. The van der Waals surface area contributed by atoms with Gasteiger partial charge in [-0.15, -0.1) is 0 Å². The van der Waals surface area contributed by atoms with Gasteiger partial charge in [0.15, 0.2) is 0 Å². The Morgan fingerprint density at radius 3 is 2.63 bits per heavy atom. The second-order valence-corrected chi connectivity index (χ2v) is 6.54. The molecule has 2 aromatic carbocycles. The van der Waals surface area contributed by atoms with Crippen LogP contribution in [-0.4, -0.2) is 0 Å². The lowest BCUT2D eigenvalue weighted by Gasteiger charge is -2.16. The van der Waals surface area contributed by atoms with Crippen LogP contribution in [0.5, 0.6) is 0 Å². The van der Waals surface area contributed by atoms with Crippen molar-refractivity contribution in [3.8, 4) is 0 Å². The molecule has 0 amide bonds. The Balaban J connectivity index is 2.06. The minimum absolute atomic E-state index is 0.255. The molecule has 0 spiro atoms. The molecular weight excluding hydrogens is 389 g/mol. The third-order valence-corrected chi connectivity index (χ3v) is 4.56. The lowest BCUT2D eigenvalue weighted by atomic mass is 10.1. The van der Waals surface area contributed by atoms with Gasteiger partial charge < -0.3 is 5.32 Å². The summed E-state index contributed by atoms with van der Waals surface area (Å²) in [6, 6.07) is 14.4. The van der Waals surface area contributed by atoms with Gasteiger partial charge >= 0.3 is 0 Å². The average Bonchev–Trinajstić information content (AvgIpc) is 2.40. The zero-order valence-electron chi connectivity index (χ0n) is 10.5. The maximum absolute atomic E-state index is 6.19. The van der Waals surface area contributed by atoms with E-state index < -0.39 is 0 Å². The molecule has 0 fully saturated rings. The first-order valence-corrected chi connectivity index (χ1v) is 7.96. The Morgan fingerprint density at radius 1 is 1.16 bits per heavy atom. The second-order valence-electron chi connectivity index (χ2n) is 4.36. The molecule has 0 aromatic heterocycles. The fourth-order valence-electron chi connectivity index (χ4n) is 1.88. The van der Waals surface area contributed by atoms with Gasteiger partial charge in [-0.05, 0) is 42.3 Å². The van der Waals surface area contributed by atoms with Gasteiger partial charge in [0.25, 0.3) is 0 Å². The minimum Gasteiger partial charge on any atom is -0.306 e.